The molecule has 0 spiro atoms. The van der Waals surface area contributed by atoms with Crippen LogP contribution in [0.4, 0.5) is 5.13 Å². The Morgan fingerprint density at radius 2 is 2.23 bits per heavy atom. The van der Waals surface area contributed by atoms with Gasteiger partial charge in [0.05, 0.1) is 13.2 Å². The number of hydrogen-bond donors (Lipinski definition) is 4. The average Bonchev–Trinajstić information content (AvgIpc) is 3.69. The molecule has 2 aromatic rings. The fourth-order valence-corrected chi connectivity index (χ4v) is 6.84. The second kappa shape index (κ2) is 11.7. The van der Waals surface area contributed by atoms with Crippen LogP contribution in [0.15, 0.2) is 33.7 Å². The van der Waals surface area contributed by atoms with E-state index in [1.165, 1.54) is 33.1 Å². The van der Waals surface area contributed by atoms with Gasteiger partial charge < -0.3 is 26.1 Å². The average molecular weight is 595 g/mol. The number of aliphatic hydroxyl groups excluding tert-OH is 1. The summed E-state index contributed by atoms with van der Waals surface area (Å²) in [5.41, 5.74) is 5.81. The van der Waals surface area contributed by atoms with E-state index in [2.05, 4.69) is 35.4 Å². The summed E-state index contributed by atoms with van der Waals surface area (Å²) in [6.07, 6.45) is 5.01. The van der Waals surface area contributed by atoms with E-state index >= 15 is 0 Å². The molecule has 2 amide bonds. The number of amides is 2. The molecule has 4 heterocycles. The van der Waals surface area contributed by atoms with Crippen molar-refractivity contribution in [1.29, 1.82) is 0 Å². The number of rotatable bonds is 11. The van der Waals surface area contributed by atoms with Crippen molar-refractivity contribution in [3.8, 4) is 0 Å². The van der Waals surface area contributed by atoms with E-state index in [0.717, 1.165) is 18.0 Å². The molecule has 3 aliphatic rings. The number of aliphatic carboxylic acids is 1. The van der Waals surface area contributed by atoms with E-state index in [4.69, 9.17) is 15.7 Å². The number of allylic oxidation sites excluding steroid dienone is 1. The van der Waals surface area contributed by atoms with Crippen LogP contribution in [0, 0.1) is 0 Å². The molecule has 19 heteroatoms. The highest BCUT2D eigenvalue weighted by Crippen LogP contribution is 2.41. The van der Waals surface area contributed by atoms with Gasteiger partial charge in [0.15, 0.2) is 5.13 Å². The number of carbonyl (C=O) groups excluding carboxylic acids is 2. The van der Waals surface area contributed by atoms with Gasteiger partial charge in [0.2, 0.25) is 16.7 Å². The highest BCUT2D eigenvalue weighted by atomic mass is 32.2. The van der Waals surface area contributed by atoms with Gasteiger partial charge >= 0.3 is 5.97 Å². The number of nitrogens with zero attached hydrogens (tertiary/aromatic N) is 8. The number of tetrazole rings is 1. The summed E-state index contributed by atoms with van der Waals surface area (Å²) in [7, 11) is 0. The summed E-state index contributed by atoms with van der Waals surface area (Å²) in [4.78, 5) is 49.1. The first-order valence-electron chi connectivity index (χ1n) is 11.6. The quantitative estimate of drug-likeness (QED) is 0.0811. The van der Waals surface area contributed by atoms with Crippen LogP contribution in [0.3, 0.4) is 0 Å². The minimum absolute atomic E-state index is 0.0362. The molecule has 5 N–H and O–H groups in total. The van der Waals surface area contributed by atoms with E-state index in [9.17, 15) is 19.5 Å². The Balaban J connectivity index is 1.30. The first-order chi connectivity index (χ1) is 18.9. The van der Waals surface area contributed by atoms with Crippen LogP contribution in [0.1, 0.15) is 18.7 Å². The van der Waals surface area contributed by atoms with Crippen LogP contribution in [0.25, 0.3) is 0 Å². The Labute approximate surface area is 232 Å². The molecule has 39 heavy (non-hydrogen) atoms. The van der Waals surface area contributed by atoms with Gasteiger partial charge in [0, 0.05) is 23.0 Å². The molecule has 0 radical (unpaired) electrons. The summed E-state index contributed by atoms with van der Waals surface area (Å²) in [5.74, 6) is -2.09. The molecule has 16 nitrogen and oxygen atoms in total. The maximum atomic E-state index is 13.2. The number of hydrogen-bond acceptors (Lipinski definition) is 15. The number of nitrogen functional groups attached to an aromatic ring is 1. The number of anilines is 1. The number of carboxylic acid groups (broad SMARTS) is 1. The lowest BCUT2D eigenvalue weighted by molar-refractivity contribution is -0.150. The Morgan fingerprint density at radius 3 is 2.92 bits per heavy atom. The third kappa shape index (κ3) is 5.60. The van der Waals surface area contributed by atoms with Gasteiger partial charge in [-0.3, -0.25) is 14.5 Å². The van der Waals surface area contributed by atoms with E-state index in [1.54, 1.807) is 0 Å². The van der Waals surface area contributed by atoms with Crippen LogP contribution in [0.5, 0.6) is 0 Å². The highest BCUT2D eigenvalue weighted by molar-refractivity contribution is 8.01. The van der Waals surface area contributed by atoms with E-state index < -0.39 is 29.2 Å². The fraction of sp³-hybridized carbons (Fsp3) is 0.450. The first-order valence-corrected chi connectivity index (χ1v) is 14.4. The summed E-state index contributed by atoms with van der Waals surface area (Å²) in [6.45, 7) is 0.0381. The zero-order valence-electron chi connectivity index (χ0n) is 20.0. The van der Waals surface area contributed by atoms with E-state index in [-0.39, 0.29) is 47.4 Å². The van der Waals surface area contributed by atoms with Gasteiger partial charge in [0.1, 0.15) is 23.2 Å². The van der Waals surface area contributed by atoms with Crippen molar-refractivity contribution in [2.24, 2.45) is 5.16 Å². The van der Waals surface area contributed by atoms with Crippen molar-refractivity contribution in [2.75, 3.05) is 23.8 Å². The number of thioether (sulfide) groups is 2. The predicted octanol–water partition coefficient (Wildman–Crippen LogP) is -0.931. The number of fused-ring (bicyclic) bond motifs is 1. The molecule has 5 rings (SSSR count). The van der Waals surface area contributed by atoms with Crippen LogP contribution in [-0.2, 0) is 25.8 Å². The van der Waals surface area contributed by atoms with Crippen molar-refractivity contribution in [3.05, 3.63) is 29.2 Å². The molecule has 0 saturated carbocycles. The minimum atomic E-state index is -1.26. The van der Waals surface area contributed by atoms with Crippen LogP contribution < -0.4 is 11.1 Å². The van der Waals surface area contributed by atoms with Crippen molar-refractivity contribution in [3.63, 3.8) is 0 Å². The lowest BCUT2D eigenvalue weighted by atomic mass is 10.0. The lowest BCUT2D eigenvalue weighted by Gasteiger charge is -2.49. The third-order valence-electron chi connectivity index (χ3n) is 5.84. The van der Waals surface area contributed by atoms with Gasteiger partial charge in [0.25, 0.3) is 11.8 Å². The Hall–Kier alpha value is -3.55. The fourth-order valence-electron chi connectivity index (χ4n) is 4.02. The van der Waals surface area contributed by atoms with Gasteiger partial charge in [-0.05, 0) is 34.9 Å². The van der Waals surface area contributed by atoms with Crippen LogP contribution in [0.2, 0.25) is 0 Å². The minimum Gasteiger partial charge on any atom is -0.477 e. The molecule has 206 valence electrons. The second-order valence-electron chi connectivity index (χ2n) is 8.36. The number of carbonyl (C=O) groups is 3. The standard InChI is InChI=1S/C20H22N10O6S3/c21-19-23-14(26-39-19)11(25-36-10-3-1-2-4-10)15(32)22-12-16(33)30-13(18(34)35)9(7-37-17(12)30)8-38-20-24-27-28-29(20)5-6-31/h1,3,10,12,17,31H,2,4-8H2,(H,22,32)(H,34,35)(H2,21,23,26)/b25-11-/t10?,12?,17-/m1/s1. The largest absolute Gasteiger partial charge is 0.477 e. The molecule has 2 aliphatic heterocycles. The number of nitrogens with two attached hydrogens (primary N) is 1. The van der Waals surface area contributed by atoms with Crippen molar-refractivity contribution >= 4 is 63.7 Å². The van der Waals surface area contributed by atoms with Crippen molar-refractivity contribution < 1.29 is 29.4 Å². The molecule has 0 bridgehead atoms. The highest BCUT2D eigenvalue weighted by Gasteiger charge is 2.54. The van der Waals surface area contributed by atoms with Crippen molar-refractivity contribution in [1.82, 2.24) is 39.8 Å². The molecule has 0 aromatic carbocycles. The van der Waals surface area contributed by atoms with Crippen molar-refractivity contribution in [2.45, 2.75) is 42.1 Å². The van der Waals surface area contributed by atoms with Gasteiger partial charge in [-0.2, -0.15) is 9.36 Å². The Bertz CT molecular complexity index is 1370. The number of aliphatic hydroxyl groups is 1. The maximum absolute atomic E-state index is 13.2. The van der Waals surface area contributed by atoms with Crippen LogP contribution in [-0.4, -0.2) is 104 Å². The Morgan fingerprint density at radius 1 is 1.38 bits per heavy atom. The van der Waals surface area contributed by atoms with E-state index in [1.807, 2.05) is 12.2 Å². The lowest BCUT2D eigenvalue weighted by Crippen LogP contribution is -2.71. The topological polar surface area (TPSA) is 224 Å². The Kier molecular flexibility index (Phi) is 8.10. The normalized spacial score (nSPS) is 22.6. The first kappa shape index (κ1) is 27.0. The number of β-lactam (4-membered cyclic amide) rings is 1. The monoisotopic (exact) mass is 594 g/mol. The summed E-state index contributed by atoms with van der Waals surface area (Å²) in [5, 5.41) is 36.8. The molecular formula is C20H22N10O6S3. The smallest absolute Gasteiger partial charge is 0.352 e. The van der Waals surface area contributed by atoms with Gasteiger partial charge in [-0.25, -0.2) is 9.48 Å². The van der Waals surface area contributed by atoms with Gasteiger partial charge in [-0.15, -0.1) is 16.9 Å². The number of nitrogens with one attached hydrogen (secondary N) is 1. The summed E-state index contributed by atoms with van der Waals surface area (Å²) >= 11 is 3.40. The number of carboxylic acids is 1. The molecule has 2 unspecified atom stereocenters. The summed E-state index contributed by atoms with van der Waals surface area (Å²) < 4.78 is 5.44. The third-order valence-corrected chi connectivity index (χ3v) is 8.76. The van der Waals surface area contributed by atoms with E-state index in [0.29, 0.717) is 22.9 Å². The zero-order chi connectivity index (χ0) is 27.5. The molecule has 1 saturated heterocycles. The SMILES string of the molecule is Nc1nc(/C(=N/OC2C=CCC2)C(=O)NC2C(=O)N3C(C(=O)O)=C(CSc4nnnn4CCO)CS[C@H]23)ns1. The predicted molar refractivity (Wildman–Crippen MR) is 139 cm³/mol. The van der Waals surface area contributed by atoms with Gasteiger partial charge in [-0.1, -0.05) is 23.0 Å². The number of oxime groups is 1. The molecule has 1 aliphatic carbocycles. The molecular weight excluding hydrogens is 572 g/mol. The summed E-state index contributed by atoms with van der Waals surface area (Å²) in [6, 6.07) is -0.990. The molecule has 2 aromatic heterocycles. The van der Waals surface area contributed by atoms with Crippen LogP contribution >= 0.6 is 35.1 Å². The number of aromatic nitrogens is 6. The molecule has 1 fully saturated rings. The molecule has 3 atom stereocenters. The zero-order valence-corrected chi connectivity index (χ0v) is 22.5. The second-order valence-corrected chi connectivity index (χ2v) is 11.2. The maximum Gasteiger partial charge on any atom is 0.352 e.